The highest BCUT2D eigenvalue weighted by Gasteiger charge is 2.48. The molecule has 0 saturated carbocycles. The van der Waals surface area contributed by atoms with Gasteiger partial charge in [0.05, 0.1) is 31.3 Å². The maximum atomic E-state index is 14.6. The van der Waals surface area contributed by atoms with Gasteiger partial charge in [-0.1, -0.05) is 58.0 Å². The van der Waals surface area contributed by atoms with E-state index in [4.69, 9.17) is 28.7 Å². The van der Waals surface area contributed by atoms with Crippen molar-refractivity contribution in [1.29, 1.82) is 0 Å². The van der Waals surface area contributed by atoms with Gasteiger partial charge >= 0.3 is 5.97 Å². The Morgan fingerprint density at radius 2 is 0.942 bits per heavy atom. The molecule has 4 aliphatic rings. The number of carboxylic acids is 1. The number of benzene rings is 1. The van der Waals surface area contributed by atoms with Crippen LogP contribution in [0.25, 0.3) is 0 Å². The molecule has 4 heterocycles. The molecule has 0 bridgehead atoms. The Kier molecular flexibility index (Phi) is 33.4. The number of likely N-dealkylation sites (tertiary alicyclic amines) is 4. The SMILES string of the molecule is CC(C)C[C@H](NC(=O)[C@H](CC(N)=O)NC(=O)[C@H](CCCCN)NC(=O)[C@@H](N)Cc1ccccc1)C(=O)N[C@H](C(=O)N[C@H](C(=O)N1CCC[C@H]1C(=O)N[C@@H](CCCN=C(N)N)C(=O)N[C@H](C(=O)N1CCC[C@H]1C(=O)N1CCC[C@H]1C(=O)N1CCC[C@H]1C(=O)N[C@@H](CO)C(=O)O)[C@@H](C)O)[C@@H](C)O)C(C)C. The van der Waals surface area contributed by atoms with E-state index in [1.807, 2.05) is 0 Å². The molecule has 1 aromatic rings. The zero-order chi connectivity index (χ0) is 76.5. The minimum Gasteiger partial charge on any atom is -0.480 e. The van der Waals surface area contributed by atoms with Crippen LogP contribution in [0, 0.1) is 11.8 Å². The summed E-state index contributed by atoms with van der Waals surface area (Å²) >= 11 is 0. The van der Waals surface area contributed by atoms with Crippen LogP contribution in [0.4, 0.5) is 0 Å². The highest BCUT2D eigenvalue weighted by Crippen LogP contribution is 2.30. The van der Waals surface area contributed by atoms with E-state index in [1.54, 1.807) is 58.0 Å². The summed E-state index contributed by atoms with van der Waals surface area (Å²) < 4.78 is 0. The topological polar surface area (TPSA) is 572 Å². The number of aliphatic hydroxyl groups is 3. The quantitative estimate of drug-likeness (QED) is 0.0166. The first-order valence-corrected chi connectivity index (χ1v) is 35.4. The predicted octanol–water partition coefficient (Wildman–Crippen LogP) is -6.00. The van der Waals surface area contributed by atoms with Gasteiger partial charge in [-0.15, -0.1) is 0 Å². The first-order chi connectivity index (χ1) is 48.7. The van der Waals surface area contributed by atoms with Crippen molar-refractivity contribution in [1.82, 2.24) is 62.1 Å². The van der Waals surface area contributed by atoms with Gasteiger partial charge in [0.15, 0.2) is 5.96 Å². The summed E-state index contributed by atoms with van der Waals surface area (Å²) in [5.74, 6) is -13.7. The average Bonchev–Trinajstić information content (AvgIpc) is 1.69. The molecule has 4 fully saturated rings. The lowest BCUT2D eigenvalue weighted by atomic mass is 9.98. The normalized spacial score (nSPS) is 20.5. The van der Waals surface area contributed by atoms with Crippen molar-refractivity contribution in [2.45, 2.75) is 235 Å². The molecule has 4 aliphatic heterocycles. The summed E-state index contributed by atoms with van der Waals surface area (Å²) in [6.07, 6.45) is -1.08. The summed E-state index contributed by atoms with van der Waals surface area (Å²) in [5.41, 5.74) is 29.4. The van der Waals surface area contributed by atoms with Gasteiger partial charge in [0.1, 0.15) is 72.5 Å². The second kappa shape index (κ2) is 40.6. The second-order valence-corrected chi connectivity index (χ2v) is 27.6. The molecule has 1 aromatic carbocycles. The Bertz CT molecular complexity index is 3170. The Balaban J connectivity index is 1.28. The molecule has 0 unspecified atom stereocenters. The number of aliphatic carboxylic acids is 1. The second-order valence-electron chi connectivity index (χ2n) is 27.6. The fraction of sp³-hybridized carbons (Fsp3) is 0.687. The van der Waals surface area contributed by atoms with E-state index in [0.29, 0.717) is 32.1 Å². The van der Waals surface area contributed by atoms with Crippen molar-refractivity contribution in [3.8, 4) is 0 Å². The Hall–Kier alpha value is -9.13. The van der Waals surface area contributed by atoms with Gasteiger partial charge in [0.2, 0.25) is 76.8 Å². The van der Waals surface area contributed by atoms with Crippen LogP contribution >= 0.6 is 0 Å². The number of carboxylic acid groups (broad SMARTS) is 1. The summed E-state index contributed by atoms with van der Waals surface area (Å²) in [6, 6.07) is -9.04. The first-order valence-electron chi connectivity index (χ1n) is 35.4. The number of nitrogens with two attached hydrogens (primary N) is 5. The van der Waals surface area contributed by atoms with E-state index < -0.39 is 192 Å². The van der Waals surface area contributed by atoms with Crippen molar-refractivity contribution in [2.75, 3.05) is 45.9 Å². The Morgan fingerprint density at radius 1 is 0.515 bits per heavy atom. The number of nitrogens with one attached hydrogen (secondary N) is 8. The lowest BCUT2D eigenvalue weighted by Gasteiger charge is -2.35. The maximum absolute atomic E-state index is 14.6. The van der Waals surface area contributed by atoms with Crippen molar-refractivity contribution >= 4 is 88.7 Å². The van der Waals surface area contributed by atoms with Crippen molar-refractivity contribution in [2.24, 2.45) is 45.5 Å². The smallest absolute Gasteiger partial charge is 0.328 e. The third-order valence-corrected chi connectivity index (χ3v) is 18.6. The van der Waals surface area contributed by atoms with Crippen LogP contribution in [0.15, 0.2) is 35.3 Å². The van der Waals surface area contributed by atoms with Crippen LogP contribution in [0.3, 0.4) is 0 Å². The molecule has 103 heavy (non-hydrogen) atoms. The number of aliphatic hydroxyl groups excluding tert-OH is 3. The molecule has 5 rings (SSSR count). The van der Waals surface area contributed by atoms with Gasteiger partial charge < -0.3 is 111 Å². The molecule has 0 radical (unpaired) electrons. The van der Waals surface area contributed by atoms with E-state index in [-0.39, 0.29) is 115 Å². The Labute approximate surface area is 598 Å². The van der Waals surface area contributed by atoms with Crippen LogP contribution in [0.1, 0.15) is 143 Å². The van der Waals surface area contributed by atoms with Crippen LogP contribution in [0.2, 0.25) is 0 Å². The molecule has 0 aliphatic carbocycles. The number of amides is 13. The number of carbonyl (C=O) groups is 14. The number of unbranched alkanes of at least 4 members (excludes halogenated alkanes) is 1. The molecule has 36 heteroatoms. The zero-order valence-corrected chi connectivity index (χ0v) is 59.6. The molecule has 574 valence electrons. The van der Waals surface area contributed by atoms with Gasteiger partial charge in [0.25, 0.3) is 0 Å². The summed E-state index contributed by atoms with van der Waals surface area (Å²) in [4.78, 5) is 203. The molecule has 0 spiro atoms. The van der Waals surface area contributed by atoms with Crippen LogP contribution in [-0.2, 0) is 73.5 Å². The molecule has 22 N–H and O–H groups in total. The summed E-state index contributed by atoms with van der Waals surface area (Å²) in [7, 11) is 0. The molecule has 36 nitrogen and oxygen atoms in total. The molecule has 0 aromatic heterocycles. The van der Waals surface area contributed by atoms with Gasteiger partial charge in [-0.3, -0.25) is 67.3 Å². The Morgan fingerprint density at radius 3 is 1.45 bits per heavy atom. The zero-order valence-electron chi connectivity index (χ0n) is 59.6. The van der Waals surface area contributed by atoms with Crippen molar-refractivity contribution in [3.63, 3.8) is 0 Å². The van der Waals surface area contributed by atoms with Crippen molar-refractivity contribution in [3.05, 3.63) is 35.9 Å². The highest BCUT2D eigenvalue weighted by molar-refractivity contribution is 6.01. The third kappa shape index (κ3) is 24.5. The van der Waals surface area contributed by atoms with Gasteiger partial charge in [-0.2, -0.15) is 0 Å². The average molecular weight is 1450 g/mol. The van der Waals surface area contributed by atoms with E-state index in [9.17, 15) is 87.5 Å². The number of primary amides is 1. The van der Waals surface area contributed by atoms with Crippen LogP contribution in [-0.4, -0.2) is 265 Å². The fourth-order valence-electron chi connectivity index (χ4n) is 13.1. The standard InChI is InChI=1S/C67H108N18O18/c1-35(2)31-43(76-57(93)44(33-50(70)89)77-55(91)41(19-10-11-25-68)74-54(90)40(69)32-39-17-8-7-9-18-39)58(94)79-51(36(3)4)61(97)81-53(38(6)88)64(100)83-28-14-22-47(83)59(95)75-42(20-12-26-73-67(71)72)56(92)80-52(37(5)87)65(101)85-30-16-24-49(85)63(99)84-29-15-23-48(84)62(98)82-27-13-21-46(82)60(96)78-45(34-86)66(102)103/h7-9,17-18,35-38,40-49,51-53,86-88H,10-16,19-34,68-69H2,1-6H3,(H2,70,89)(H,74,90)(H,75,95)(H,76,93)(H,77,91)(H,78,96)(H,79,94)(H,80,92)(H,81,97)(H,102,103)(H4,71,72,73)/t37-,38-,40+,41+,42+,43+,44+,45+,46+,47+,48+,49+,51+,52+,53+/m1/s1. The molecular formula is C67H108N18O18. The predicted molar refractivity (Wildman–Crippen MR) is 372 cm³/mol. The minimum absolute atomic E-state index is 0.00928. The van der Waals surface area contributed by atoms with Gasteiger partial charge in [0, 0.05) is 32.7 Å². The van der Waals surface area contributed by atoms with Crippen LogP contribution < -0.4 is 71.2 Å². The molecule has 15 atom stereocenters. The highest BCUT2D eigenvalue weighted by atomic mass is 16.4. The molecule has 4 saturated heterocycles. The van der Waals surface area contributed by atoms with E-state index in [2.05, 4.69) is 47.5 Å². The summed E-state index contributed by atoms with van der Waals surface area (Å²) in [5, 5.41) is 61.5. The largest absolute Gasteiger partial charge is 0.480 e. The lowest BCUT2D eigenvalue weighted by Crippen LogP contribution is -2.63. The van der Waals surface area contributed by atoms with Crippen LogP contribution in [0.5, 0.6) is 0 Å². The summed E-state index contributed by atoms with van der Waals surface area (Å²) in [6.45, 7) is 8.62. The monoisotopic (exact) mass is 1450 g/mol. The minimum atomic E-state index is -1.75. The number of rotatable bonds is 39. The number of hydrogen-bond acceptors (Lipinski definition) is 20. The maximum Gasteiger partial charge on any atom is 0.328 e. The number of nitrogens with zero attached hydrogens (tertiary/aromatic N) is 5. The fourth-order valence-corrected chi connectivity index (χ4v) is 13.1. The number of aliphatic imine (C=N–C) groups is 1. The number of guanidine groups is 1. The van der Waals surface area contributed by atoms with Gasteiger partial charge in [-0.25, -0.2) is 4.79 Å². The van der Waals surface area contributed by atoms with Gasteiger partial charge in [-0.05, 0) is 134 Å². The van der Waals surface area contributed by atoms with Crippen molar-refractivity contribution < 1.29 is 87.5 Å². The lowest BCUT2D eigenvalue weighted by molar-refractivity contribution is -0.152. The molecule has 13 amide bonds. The third-order valence-electron chi connectivity index (χ3n) is 18.6. The van der Waals surface area contributed by atoms with E-state index in [1.165, 1.54) is 28.5 Å². The number of hydrogen-bond donors (Lipinski definition) is 17. The van der Waals surface area contributed by atoms with E-state index in [0.717, 1.165) is 10.5 Å². The van der Waals surface area contributed by atoms with E-state index >= 15 is 0 Å². The number of carbonyl (C=O) groups excluding carboxylic acids is 13. The molecular weight excluding hydrogens is 1340 g/mol. The first kappa shape index (κ1) is 84.5.